The molecule has 0 aliphatic carbocycles. The first-order chi connectivity index (χ1) is 6.75. The summed E-state index contributed by atoms with van der Waals surface area (Å²) in [6.45, 7) is 2.40. The van der Waals surface area contributed by atoms with Crippen molar-refractivity contribution in [2.24, 2.45) is 0 Å². The summed E-state index contributed by atoms with van der Waals surface area (Å²) < 4.78 is 30.3. The van der Waals surface area contributed by atoms with Gasteiger partial charge in [-0.3, -0.25) is 4.90 Å². The van der Waals surface area contributed by atoms with E-state index in [0.717, 1.165) is 19.2 Å². The lowest BCUT2D eigenvalue weighted by atomic mass is 10.2. The third-order valence-corrected chi connectivity index (χ3v) is 2.13. The van der Waals surface area contributed by atoms with Gasteiger partial charge in [0.05, 0.1) is 6.20 Å². The summed E-state index contributed by atoms with van der Waals surface area (Å²) in [6, 6.07) is 1.00. The molecule has 1 fully saturated rings. The van der Waals surface area contributed by atoms with Crippen LogP contribution < -0.4 is 4.74 Å². The molecule has 1 aromatic heterocycles. The van der Waals surface area contributed by atoms with E-state index in [2.05, 4.69) is 9.88 Å². The molecule has 6 heteroatoms. The molecular formula is C9H11ClF2N2O. The lowest BCUT2D eigenvalue weighted by molar-refractivity contribution is 0.0725. The molecule has 0 bridgehead atoms. The zero-order valence-electron chi connectivity index (χ0n) is 7.95. The number of nitrogens with zero attached hydrogens (tertiary/aromatic N) is 2. The van der Waals surface area contributed by atoms with E-state index < -0.39 is 11.8 Å². The van der Waals surface area contributed by atoms with Crippen molar-refractivity contribution < 1.29 is 13.5 Å². The smallest absolute Gasteiger partial charge is 0.249 e. The molecular weight excluding hydrogens is 226 g/mol. The molecule has 15 heavy (non-hydrogen) atoms. The Labute approximate surface area is 92.5 Å². The van der Waals surface area contributed by atoms with Gasteiger partial charge in [-0.2, -0.15) is 4.39 Å². The van der Waals surface area contributed by atoms with Gasteiger partial charge in [-0.1, -0.05) is 0 Å². The van der Waals surface area contributed by atoms with Crippen LogP contribution in [0.1, 0.15) is 6.42 Å². The number of hydrogen-bond donors (Lipinski definition) is 0. The minimum Gasteiger partial charge on any atom is -0.476 e. The fourth-order valence-electron chi connectivity index (χ4n) is 1.16. The first-order valence-corrected chi connectivity index (χ1v) is 4.42. The molecule has 2 heterocycles. The number of aromatic nitrogens is 1. The van der Waals surface area contributed by atoms with E-state index in [4.69, 9.17) is 4.74 Å². The monoisotopic (exact) mass is 236 g/mol. The second kappa shape index (κ2) is 5.23. The topological polar surface area (TPSA) is 25.4 Å². The Bertz CT molecular complexity index is 334. The molecule has 84 valence electrons. The van der Waals surface area contributed by atoms with E-state index in [9.17, 15) is 8.78 Å². The minimum atomic E-state index is -1.10. The van der Waals surface area contributed by atoms with Crippen molar-refractivity contribution in [1.82, 2.24) is 9.88 Å². The Morgan fingerprint density at radius 3 is 2.67 bits per heavy atom. The first-order valence-electron chi connectivity index (χ1n) is 4.42. The van der Waals surface area contributed by atoms with Crippen LogP contribution >= 0.6 is 12.4 Å². The molecule has 1 aliphatic heterocycles. The van der Waals surface area contributed by atoms with Crippen molar-refractivity contribution in [2.45, 2.75) is 6.42 Å². The van der Waals surface area contributed by atoms with Crippen LogP contribution in [0.25, 0.3) is 0 Å². The number of likely N-dealkylation sites (tertiary alicyclic amines) is 1. The first kappa shape index (κ1) is 12.1. The van der Waals surface area contributed by atoms with Crippen LogP contribution in [0, 0.1) is 11.8 Å². The fraction of sp³-hybridized carbons (Fsp3) is 0.444. The largest absolute Gasteiger partial charge is 0.476 e. The van der Waals surface area contributed by atoms with Crippen LogP contribution in [-0.2, 0) is 0 Å². The molecule has 0 atom stereocenters. The highest BCUT2D eigenvalue weighted by atomic mass is 35.5. The van der Waals surface area contributed by atoms with Gasteiger partial charge >= 0.3 is 0 Å². The highest BCUT2D eigenvalue weighted by Crippen LogP contribution is 2.14. The molecule has 0 amide bonds. The Morgan fingerprint density at radius 1 is 1.40 bits per heavy atom. The van der Waals surface area contributed by atoms with Crippen LogP contribution in [0.3, 0.4) is 0 Å². The Balaban J connectivity index is 0.00000112. The van der Waals surface area contributed by atoms with Gasteiger partial charge in [-0.05, 0) is 6.42 Å². The predicted octanol–water partition coefficient (Wildman–Crippen LogP) is 1.82. The lowest BCUT2D eigenvalue weighted by Gasteiger charge is -2.29. The van der Waals surface area contributed by atoms with Crippen LogP contribution in [0.5, 0.6) is 5.75 Å². The van der Waals surface area contributed by atoms with Gasteiger partial charge in [0.25, 0.3) is 0 Å². The summed E-state index contributed by atoms with van der Waals surface area (Å²) in [5, 5.41) is 0. The number of hydrogen-bond acceptors (Lipinski definition) is 3. The Kier molecular flexibility index (Phi) is 4.23. The summed E-state index contributed by atoms with van der Waals surface area (Å²) >= 11 is 0. The van der Waals surface area contributed by atoms with Gasteiger partial charge in [0, 0.05) is 19.2 Å². The van der Waals surface area contributed by atoms with Crippen molar-refractivity contribution in [3.8, 4) is 5.75 Å². The highest BCUT2D eigenvalue weighted by molar-refractivity contribution is 5.85. The van der Waals surface area contributed by atoms with Crippen molar-refractivity contribution in [2.75, 3.05) is 19.8 Å². The van der Waals surface area contributed by atoms with Gasteiger partial charge in [-0.25, -0.2) is 9.37 Å². The van der Waals surface area contributed by atoms with Crippen molar-refractivity contribution in [3.05, 3.63) is 24.0 Å². The second-order valence-electron chi connectivity index (χ2n) is 3.19. The maximum atomic E-state index is 12.7. The van der Waals surface area contributed by atoms with Crippen molar-refractivity contribution in [3.63, 3.8) is 0 Å². The van der Waals surface area contributed by atoms with Crippen LogP contribution in [0.4, 0.5) is 8.78 Å². The molecule has 0 radical (unpaired) electrons. The average Bonchev–Trinajstić information content (AvgIpc) is 2.08. The number of pyridine rings is 1. The third-order valence-electron chi connectivity index (χ3n) is 2.13. The van der Waals surface area contributed by atoms with Crippen LogP contribution in [0.2, 0.25) is 0 Å². The maximum Gasteiger partial charge on any atom is 0.249 e. The standard InChI is InChI=1S/C9H10F2N2O.ClH/c10-8-4-7(5-12-9(8)11)14-6-13-2-1-3-13;/h4-5H,1-3,6H2;1H. The molecule has 1 aliphatic rings. The Morgan fingerprint density at radius 2 is 2.13 bits per heavy atom. The van der Waals surface area contributed by atoms with Gasteiger partial charge in [0.2, 0.25) is 5.95 Å². The molecule has 1 aromatic rings. The quantitative estimate of drug-likeness (QED) is 0.749. The highest BCUT2D eigenvalue weighted by Gasteiger charge is 2.14. The summed E-state index contributed by atoms with van der Waals surface area (Å²) in [5.74, 6) is -1.82. The summed E-state index contributed by atoms with van der Waals surface area (Å²) in [6.07, 6.45) is 2.34. The lowest BCUT2D eigenvalue weighted by Crippen LogP contribution is -2.39. The molecule has 0 spiro atoms. The van der Waals surface area contributed by atoms with Gasteiger partial charge in [0.15, 0.2) is 5.82 Å². The zero-order valence-corrected chi connectivity index (χ0v) is 8.77. The van der Waals surface area contributed by atoms with Crippen LogP contribution in [-0.4, -0.2) is 29.7 Å². The van der Waals surface area contributed by atoms with Gasteiger partial charge < -0.3 is 4.74 Å². The number of halogens is 3. The second-order valence-corrected chi connectivity index (χ2v) is 3.19. The van der Waals surface area contributed by atoms with Gasteiger partial charge in [0.1, 0.15) is 12.5 Å². The molecule has 0 N–H and O–H groups in total. The molecule has 3 nitrogen and oxygen atoms in total. The fourth-order valence-corrected chi connectivity index (χ4v) is 1.16. The van der Waals surface area contributed by atoms with E-state index in [1.54, 1.807) is 0 Å². The molecule has 1 saturated heterocycles. The van der Waals surface area contributed by atoms with E-state index in [-0.39, 0.29) is 18.2 Å². The van der Waals surface area contributed by atoms with Crippen molar-refractivity contribution >= 4 is 12.4 Å². The SMILES string of the molecule is Cl.Fc1cc(OCN2CCC2)cnc1F. The molecule has 0 saturated carbocycles. The predicted molar refractivity (Wildman–Crippen MR) is 53.1 cm³/mol. The normalized spacial score (nSPS) is 15.3. The minimum absolute atomic E-state index is 0. The zero-order chi connectivity index (χ0) is 9.97. The molecule has 0 unspecified atom stereocenters. The average molecular weight is 237 g/mol. The maximum absolute atomic E-state index is 12.7. The van der Waals surface area contributed by atoms with Gasteiger partial charge in [-0.15, -0.1) is 12.4 Å². The molecule has 2 rings (SSSR count). The van der Waals surface area contributed by atoms with E-state index in [1.165, 1.54) is 12.6 Å². The Hall–Kier alpha value is -0.940. The summed E-state index contributed by atoms with van der Waals surface area (Å²) in [4.78, 5) is 5.27. The summed E-state index contributed by atoms with van der Waals surface area (Å²) in [7, 11) is 0. The number of rotatable bonds is 3. The summed E-state index contributed by atoms with van der Waals surface area (Å²) in [5.41, 5.74) is 0. The van der Waals surface area contributed by atoms with E-state index in [1.807, 2.05) is 0 Å². The number of ether oxygens (including phenoxy) is 1. The van der Waals surface area contributed by atoms with Crippen LogP contribution in [0.15, 0.2) is 12.3 Å². The third kappa shape index (κ3) is 3.00. The molecule has 0 aromatic carbocycles. The van der Waals surface area contributed by atoms with Crippen molar-refractivity contribution in [1.29, 1.82) is 0 Å². The van der Waals surface area contributed by atoms with E-state index in [0.29, 0.717) is 6.73 Å². The van der Waals surface area contributed by atoms with E-state index >= 15 is 0 Å².